The SMILES string of the molecule is O=C(Cc1ccccc1)Nc1ccc2c(C=C(C(=O)O)c3ccccc3)c[nH]c2n1. The molecule has 4 rings (SSSR count). The molecule has 0 aliphatic carbocycles. The number of carbonyl (C=O) groups excluding carboxylic acids is 1. The minimum absolute atomic E-state index is 0.156. The molecule has 2 aromatic carbocycles. The Hall–Kier alpha value is -4.19. The summed E-state index contributed by atoms with van der Waals surface area (Å²) >= 11 is 0. The van der Waals surface area contributed by atoms with Crippen LogP contribution in [0, 0.1) is 0 Å². The average molecular weight is 397 g/mol. The van der Waals surface area contributed by atoms with Crippen molar-refractivity contribution in [2.45, 2.75) is 6.42 Å². The molecule has 4 aromatic rings. The summed E-state index contributed by atoms with van der Waals surface area (Å²) in [4.78, 5) is 31.5. The normalized spacial score (nSPS) is 11.4. The molecule has 6 heteroatoms. The first-order valence-electron chi connectivity index (χ1n) is 9.42. The summed E-state index contributed by atoms with van der Waals surface area (Å²) < 4.78 is 0. The topological polar surface area (TPSA) is 95.1 Å². The Morgan fingerprint density at radius 2 is 1.67 bits per heavy atom. The maximum atomic E-state index is 12.3. The third-order valence-corrected chi connectivity index (χ3v) is 4.66. The first-order valence-corrected chi connectivity index (χ1v) is 9.42. The minimum Gasteiger partial charge on any atom is -0.478 e. The molecular weight excluding hydrogens is 378 g/mol. The lowest BCUT2D eigenvalue weighted by Crippen LogP contribution is -2.15. The molecule has 1 amide bonds. The zero-order chi connectivity index (χ0) is 20.9. The second kappa shape index (κ2) is 8.45. The average Bonchev–Trinajstić information content (AvgIpc) is 3.15. The standard InChI is InChI=1S/C24H19N3O3/c28-22(13-16-7-3-1-4-8-16)26-21-12-11-19-18(15-25-23(19)27-21)14-20(24(29)30)17-9-5-2-6-10-17/h1-12,14-15H,13H2,(H,29,30)(H2,25,26,27,28). The number of aromatic nitrogens is 2. The molecule has 2 aromatic heterocycles. The van der Waals surface area contributed by atoms with E-state index in [9.17, 15) is 14.7 Å². The van der Waals surface area contributed by atoms with Crippen LogP contribution in [0.1, 0.15) is 16.7 Å². The van der Waals surface area contributed by atoms with Crippen LogP contribution in [-0.4, -0.2) is 27.0 Å². The van der Waals surface area contributed by atoms with Crippen LogP contribution in [0.4, 0.5) is 5.82 Å². The predicted molar refractivity (Wildman–Crippen MR) is 117 cm³/mol. The van der Waals surface area contributed by atoms with Crippen LogP contribution in [0.2, 0.25) is 0 Å². The molecule has 0 unspecified atom stereocenters. The number of fused-ring (bicyclic) bond motifs is 1. The molecule has 3 N–H and O–H groups in total. The van der Waals surface area contributed by atoms with Crippen LogP contribution >= 0.6 is 0 Å². The van der Waals surface area contributed by atoms with Crippen LogP contribution in [0.3, 0.4) is 0 Å². The number of amides is 1. The van der Waals surface area contributed by atoms with Crippen LogP contribution in [-0.2, 0) is 16.0 Å². The number of hydrogen-bond donors (Lipinski definition) is 3. The first-order chi connectivity index (χ1) is 14.6. The van der Waals surface area contributed by atoms with Crippen molar-refractivity contribution in [3.8, 4) is 0 Å². The number of benzene rings is 2. The quantitative estimate of drug-likeness (QED) is 0.421. The van der Waals surface area contributed by atoms with Crippen molar-refractivity contribution in [1.82, 2.24) is 9.97 Å². The monoisotopic (exact) mass is 397 g/mol. The number of rotatable bonds is 6. The van der Waals surface area contributed by atoms with Gasteiger partial charge in [0.2, 0.25) is 5.91 Å². The Bertz CT molecular complexity index is 1230. The van der Waals surface area contributed by atoms with Gasteiger partial charge in [0.05, 0.1) is 12.0 Å². The number of hydrogen-bond acceptors (Lipinski definition) is 3. The van der Waals surface area contributed by atoms with Crippen LogP contribution in [0.15, 0.2) is 79.0 Å². The number of aromatic amines is 1. The van der Waals surface area contributed by atoms with E-state index in [4.69, 9.17) is 0 Å². The summed E-state index contributed by atoms with van der Waals surface area (Å²) in [6.45, 7) is 0. The van der Waals surface area contributed by atoms with Crippen molar-refractivity contribution in [2.75, 3.05) is 5.32 Å². The van der Waals surface area contributed by atoms with Crippen molar-refractivity contribution in [3.63, 3.8) is 0 Å². The van der Waals surface area contributed by atoms with Gasteiger partial charge in [-0.15, -0.1) is 0 Å². The highest BCUT2D eigenvalue weighted by Crippen LogP contribution is 2.25. The molecule has 0 aliphatic heterocycles. The van der Waals surface area contributed by atoms with Crippen molar-refractivity contribution in [3.05, 3.63) is 95.7 Å². The number of carboxylic acid groups (broad SMARTS) is 1. The van der Waals surface area contributed by atoms with E-state index >= 15 is 0 Å². The van der Waals surface area contributed by atoms with E-state index in [1.807, 2.05) is 42.5 Å². The molecular formula is C24H19N3O3. The van der Waals surface area contributed by atoms with Gasteiger partial charge in [-0.1, -0.05) is 60.7 Å². The van der Waals surface area contributed by atoms with Gasteiger partial charge in [-0.2, -0.15) is 0 Å². The van der Waals surface area contributed by atoms with Crippen molar-refractivity contribution in [2.24, 2.45) is 0 Å². The molecule has 0 bridgehead atoms. The second-order valence-corrected chi connectivity index (χ2v) is 6.78. The Kier molecular flexibility index (Phi) is 5.39. The van der Waals surface area contributed by atoms with Gasteiger partial charge in [0.1, 0.15) is 11.5 Å². The highest BCUT2D eigenvalue weighted by Gasteiger charge is 2.13. The molecule has 0 aliphatic rings. The lowest BCUT2D eigenvalue weighted by molar-refractivity contribution is -0.130. The van der Waals surface area contributed by atoms with E-state index in [2.05, 4.69) is 15.3 Å². The number of carbonyl (C=O) groups is 2. The van der Waals surface area contributed by atoms with E-state index in [0.717, 1.165) is 10.9 Å². The Morgan fingerprint density at radius 1 is 0.967 bits per heavy atom. The van der Waals surface area contributed by atoms with Gasteiger partial charge in [-0.25, -0.2) is 9.78 Å². The summed E-state index contributed by atoms with van der Waals surface area (Å²) in [7, 11) is 0. The van der Waals surface area contributed by atoms with Gasteiger partial charge in [0.15, 0.2) is 0 Å². The number of aliphatic carboxylic acids is 1. The van der Waals surface area contributed by atoms with E-state index in [-0.39, 0.29) is 17.9 Å². The third-order valence-electron chi connectivity index (χ3n) is 4.66. The highest BCUT2D eigenvalue weighted by molar-refractivity contribution is 6.21. The van der Waals surface area contributed by atoms with Gasteiger partial charge < -0.3 is 15.4 Å². The number of anilines is 1. The fourth-order valence-corrected chi connectivity index (χ4v) is 3.23. The van der Waals surface area contributed by atoms with Crippen LogP contribution < -0.4 is 5.32 Å². The number of nitrogens with zero attached hydrogens (tertiary/aromatic N) is 1. The van der Waals surface area contributed by atoms with Crippen molar-refractivity contribution >= 4 is 40.4 Å². The van der Waals surface area contributed by atoms with Gasteiger partial charge in [0, 0.05) is 17.1 Å². The largest absolute Gasteiger partial charge is 0.478 e. The third kappa shape index (κ3) is 4.28. The number of H-pyrrole nitrogens is 1. The van der Waals surface area contributed by atoms with Crippen molar-refractivity contribution in [1.29, 1.82) is 0 Å². The number of nitrogens with one attached hydrogen (secondary N) is 2. The second-order valence-electron chi connectivity index (χ2n) is 6.78. The number of carboxylic acids is 1. The van der Waals surface area contributed by atoms with E-state index in [0.29, 0.717) is 22.6 Å². The fourth-order valence-electron chi connectivity index (χ4n) is 3.23. The van der Waals surface area contributed by atoms with Crippen LogP contribution in [0.5, 0.6) is 0 Å². The highest BCUT2D eigenvalue weighted by atomic mass is 16.4. The Balaban J connectivity index is 1.58. The van der Waals surface area contributed by atoms with E-state index < -0.39 is 5.97 Å². The summed E-state index contributed by atoms with van der Waals surface area (Å²) in [5.41, 5.74) is 3.01. The lowest BCUT2D eigenvalue weighted by Gasteiger charge is -2.05. The van der Waals surface area contributed by atoms with Crippen molar-refractivity contribution < 1.29 is 14.7 Å². The van der Waals surface area contributed by atoms with Gasteiger partial charge in [-0.3, -0.25) is 4.79 Å². The minimum atomic E-state index is -1.01. The lowest BCUT2D eigenvalue weighted by atomic mass is 10.0. The van der Waals surface area contributed by atoms with E-state index in [1.165, 1.54) is 0 Å². The zero-order valence-electron chi connectivity index (χ0n) is 16.0. The molecule has 0 radical (unpaired) electrons. The molecule has 0 saturated carbocycles. The maximum Gasteiger partial charge on any atom is 0.336 e. The summed E-state index contributed by atoms with van der Waals surface area (Å²) in [5.74, 6) is -0.729. The first kappa shape index (κ1) is 19.1. The van der Waals surface area contributed by atoms with Gasteiger partial charge >= 0.3 is 5.97 Å². The smallest absolute Gasteiger partial charge is 0.336 e. The zero-order valence-corrected chi connectivity index (χ0v) is 16.0. The van der Waals surface area contributed by atoms with Gasteiger partial charge in [-0.05, 0) is 29.3 Å². The summed E-state index contributed by atoms with van der Waals surface area (Å²) in [6, 6.07) is 21.9. The Morgan fingerprint density at radius 3 is 2.37 bits per heavy atom. The molecule has 0 atom stereocenters. The molecule has 6 nitrogen and oxygen atoms in total. The molecule has 148 valence electrons. The fraction of sp³-hybridized carbons (Fsp3) is 0.0417. The van der Waals surface area contributed by atoms with Gasteiger partial charge in [0.25, 0.3) is 0 Å². The molecule has 0 spiro atoms. The van der Waals surface area contributed by atoms with Crippen LogP contribution in [0.25, 0.3) is 22.7 Å². The summed E-state index contributed by atoms with van der Waals surface area (Å²) in [5, 5.41) is 13.2. The summed E-state index contributed by atoms with van der Waals surface area (Å²) in [6.07, 6.45) is 3.59. The molecule has 30 heavy (non-hydrogen) atoms. The number of pyridine rings is 1. The molecule has 0 fully saturated rings. The maximum absolute atomic E-state index is 12.3. The molecule has 2 heterocycles. The Labute approximate surface area is 172 Å². The van der Waals surface area contributed by atoms with E-state index in [1.54, 1.807) is 42.6 Å². The molecule has 0 saturated heterocycles. The predicted octanol–water partition coefficient (Wildman–Crippen LogP) is 4.37.